The van der Waals surface area contributed by atoms with E-state index in [9.17, 15) is 0 Å². The van der Waals surface area contributed by atoms with Gasteiger partial charge in [0.05, 0.1) is 0 Å². The Morgan fingerprint density at radius 3 is 2.53 bits per heavy atom. The summed E-state index contributed by atoms with van der Waals surface area (Å²) in [7, 11) is 0. The lowest BCUT2D eigenvalue weighted by atomic mass is 9.91. The fourth-order valence-corrected chi connectivity index (χ4v) is 2.11. The Bertz CT molecular complexity index is 320. The summed E-state index contributed by atoms with van der Waals surface area (Å²) in [4.78, 5) is 0. The molecule has 0 aliphatic heterocycles. The van der Waals surface area contributed by atoms with Gasteiger partial charge in [-0.1, -0.05) is 37.1 Å². The van der Waals surface area contributed by atoms with E-state index >= 15 is 0 Å². The zero-order chi connectivity index (χ0) is 11.4. The smallest absolute Gasteiger partial charge is 0.0440 e. The van der Waals surface area contributed by atoms with Gasteiger partial charge in [0.2, 0.25) is 0 Å². The van der Waals surface area contributed by atoms with Crippen molar-refractivity contribution in [3.63, 3.8) is 0 Å². The van der Waals surface area contributed by atoms with E-state index in [1.807, 2.05) is 6.07 Å². The molecule has 1 aromatic carbocycles. The minimum Gasteiger partial charge on any atom is -0.328 e. The topological polar surface area (TPSA) is 26.0 Å². The maximum Gasteiger partial charge on any atom is 0.0440 e. The summed E-state index contributed by atoms with van der Waals surface area (Å²) in [5.41, 5.74) is 8.35. The molecule has 0 aliphatic carbocycles. The van der Waals surface area contributed by atoms with E-state index < -0.39 is 0 Å². The molecule has 0 bridgehead atoms. The van der Waals surface area contributed by atoms with Gasteiger partial charge in [-0.3, -0.25) is 0 Å². The molecule has 0 saturated carbocycles. The van der Waals surface area contributed by atoms with Crippen LogP contribution < -0.4 is 5.73 Å². The maximum atomic E-state index is 6.19. The van der Waals surface area contributed by atoms with Gasteiger partial charge in [0.1, 0.15) is 0 Å². The van der Waals surface area contributed by atoms with Gasteiger partial charge in [0.15, 0.2) is 0 Å². The van der Waals surface area contributed by atoms with Crippen LogP contribution in [-0.2, 0) is 6.42 Å². The maximum absolute atomic E-state index is 6.19. The lowest BCUT2D eigenvalue weighted by molar-refractivity contribution is 0.428. The summed E-state index contributed by atoms with van der Waals surface area (Å²) in [6.07, 6.45) is 2.08. The monoisotopic (exact) mass is 225 g/mol. The van der Waals surface area contributed by atoms with Crippen molar-refractivity contribution < 1.29 is 0 Å². The molecule has 2 atom stereocenters. The fraction of sp³-hybridized carbons (Fsp3) is 0.538. The first-order valence-electron chi connectivity index (χ1n) is 5.55. The van der Waals surface area contributed by atoms with Gasteiger partial charge in [-0.25, -0.2) is 0 Å². The average molecular weight is 226 g/mol. The third-order valence-corrected chi connectivity index (χ3v) is 3.31. The van der Waals surface area contributed by atoms with Gasteiger partial charge < -0.3 is 5.73 Å². The molecule has 2 N–H and O–H groups in total. The molecule has 2 unspecified atom stereocenters. The van der Waals surface area contributed by atoms with Crippen LogP contribution in [0.25, 0.3) is 0 Å². The van der Waals surface area contributed by atoms with Gasteiger partial charge in [-0.15, -0.1) is 0 Å². The second-order valence-electron chi connectivity index (χ2n) is 4.33. The molecule has 2 heteroatoms. The summed E-state index contributed by atoms with van der Waals surface area (Å²) in [5, 5.41) is 0.870. The van der Waals surface area contributed by atoms with Gasteiger partial charge in [-0.2, -0.15) is 0 Å². The summed E-state index contributed by atoms with van der Waals surface area (Å²) in [6.45, 7) is 6.30. The molecule has 0 radical (unpaired) electrons. The first kappa shape index (κ1) is 12.5. The van der Waals surface area contributed by atoms with E-state index in [1.54, 1.807) is 0 Å². The third-order valence-electron chi connectivity index (χ3n) is 2.96. The highest BCUT2D eigenvalue weighted by atomic mass is 35.5. The number of rotatable bonds is 4. The molecule has 0 aliphatic rings. The quantitative estimate of drug-likeness (QED) is 0.833. The van der Waals surface area contributed by atoms with Crippen LogP contribution in [0.4, 0.5) is 0 Å². The zero-order valence-electron chi connectivity index (χ0n) is 9.76. The molecule has 0 spiro atoms. The van der Waals surface area contributed by atoms with Crippen molar-refractivity contribution in [3.8, 4) is 0 Å². The Labute approximate surface area is 97.6 Å². The van der Waals surface area contributed by atoms with Gasteiger partial charge >= 0.3 is 0 Å². The number of benzene rings is 1. The van der Waals surface area contributed by atoms with E-state index in [-0.39, 0.29) is 6.04 Å². The van der Waals surface area contributed by atoms with E-state index in [0.29, 0.717) is 5.92 Å². The van der Waals surface area contributed by atoms with Crippen molar-refractivity contribution in [1.29, 1.82) is 0 Å². The molecule has 1 rings (SSSR count). The van der Waals surface area contributed by atoms with E-state index in [2.05, 4.69) is 32.9 Å². The summed E-state index contributed by atoms with van der Waals surface area (Å²) < 4.78 is 0. The molecule has 1 aromatic rings. The number of nitrogens with two attached hydrogens (primary N) is 1. The largest absolute Gasteiger partial charge is 0.328 e. The highest BCUT2D eigenvalue weighted by Gasteiger charge is 2.13. The number of aryl methyl sites for hydroxylation is 1. The number of hydrogen-bond donors (Lipinski definition) is 1. The van der Waals surface area contributed by atoms with Crippen LogP contribution in [0.2, 0.25) is 5.02 Å². The second kappa shape index (κ2) is 5.53. The van der Waals surface area contributed by atoms with Crippen molar-refractivity contribution in [3.05, 3.63) is 34.3 Å². The highest BCUT2D eigenvalue weighted by molar-refractivity contribution is 6.31. The first-order valence-corrected chi connectivity index (χ1v) is 5.93. The van der Waals surface area contributed by atoms with E-state index in [0.717, 1.165) is 17.9 Å². The van der Waals surface area contributed by atoms with Crippen molar-refractivity contribution in [2.75, 3.05) is 0 Å². The normalized spacial score (nSPS) is 15.0. The van der Waals surface area contributed by atoms with Gasteiger partial charge in [0, 0.05) is 11.1 Å². The average Bonchev–Trinajstić information content (AvgIpc) is 2.16. The third kappa shape index (κ3) is 3.51. The molecule has 84 valence electrons. The lowest BCUT2D eigenvalue weighted by Crippen LogP contribution is -2.27. The molecule has 0 heterocycles. The zero-order valence-corrected chi connectivity index (χ0v) is 10.5. The standard InChI is InChI=1S/C13H20ClN/c1-4-11(10(3)15)8-12-6-5-9(2)7-13(12)14/h5-7,10-11H,4,8,15H2,1-3H3. The van der Waals surface area contributed by atoms with E-state index in [4.69, 9.17) is 17.3 Å². The Morgan fingerprint density at radius 2 is 2.07 bits per heavy atom. The fourth-order valence-electron chi connectivity index (χ4n) is 1.80. The van der Waals surface area contributed by atoms with Crippen LogP contribution in [0.5, 0.6) is 0 Å². The summed E-state index contributed by atoms with van der Waals surface area (Å²) in [6, 6.07) is 6.47. The predicted molar refractivity (Wildman–Crippen MR) is 67.3 cm³/mol. The SMILES string of the molecule is CCC(Cc1ccc(C)cc1Cl)C(C)N. The molecular formula is C13H20ClN. The Morgan fingerprint density at radius 1 is 1.40 bits per heavy atom. The van der Waals surface area contributed by atoms with Crippen molar-refractivity contribution in [2.45, 2.75) is 39.7 Å². The predicted octanol–water partition coefficient (Wildman–Crippen LogP) is 3.56. The first-order chi connectivity index (χ1) is 7.04. The Balaban J connectivity index is 2.79. The minimum absolute atomic E-state index is 0.229. The van der Waals surface area contributed by atoms with Crippen LogP contribution in [0, 0.1) is 12.8 Å². The Kier molecular flexibility index (Phi) is 4.62. The molecular weight excluding hydrogens is 206 g/mol. The molecule has 1 nitrogen and oxygen atoms in total. The van der Waals surface area contributed by atoms with Crippen LogP contribution in [0.15, 0.2) is 18.2 Å². The van der Waals surface area contributed by atoms with Crippen LogP contribution in [0.3, 0.4) is 0 Å². The van der Waals surface area contributed by atoms with Crippen LogP contribution in [-0.4, -0.2) is 6.04 Å². The molecule has 0 fully saturated rings. The highest BCUT2D eigenvalue weighted by Crippen LogP contribution is 2.23. The molecule has 15 heavy (non-hydrogen) atoms. The lowest BCUT2D eigenvalue weighted by Gasteiger charge is -2.19. The molecule has 0 amide bonds. The van der Waals surface area contributed by atoms with Crippen LogP contribution >= 0.6 is 11.6 Å². The van der Waals surface area contributed by atoms with Crippen molar-refractivity contribution >= 4 is 11.6 Å². The summed E-state index contributed by atoms with van der Waals surface area (Å²) >= 11 is 6.19. The summed E-state index contributed by atoms with van der Waals surface area (Å²) in [5.74, 6) is 0.519. The molecule has 0 saturated heterocycles. The van der Waals surface area contributed by atoms with E-state index in [1.165, 1.54) is 11.1 Å². The minimum atomic E-state index is 0.229. The Hall–Kier alpha value is -0.530. The second-order valence-corrected chi connectivity index (χ2v) is 4.73. The number of halogens is 1. The molecule has 0 aromatic heterocycles. The van der Waals surface area contributed by atoms with Gasteiger partial charge in [-0.05, 0) is 43.4 Å². The number of hydrogen-bond acceptors (Lipinski definition) is 1. The van der Waals surface area contributed by atoms with Crippen molar-refractivity contribution in [2.24, 2.45) is 11.7 Å². The van der Waals surface area contributed by atoms with Crippen molar-refractivity contribution in [1.82, 2.24) is 0 Å². The van der Waals surface area contributed by atoms with Crippen LogP contribution in [0.1, 0.15) is 31.4 Å². The van der Waals surface area contributed by atoms with Gasteiger partial charge in [0.25, 0.3) is 0 Å².